The third-order valence-corrected chi connectivity index (χ3v) is 9.41. The molecule has 4 rings (SSSR count). The molecule has 10 N–H and O–H groups in total. The van der Waals surface area contributed by atoms with E-state index >= 15 is 0 Å². The first-order valence-electron chi connectivity index (χ1n) is 10.1. The summed E-state index contributed by atoms with van der Waals surface area (Å²) in [5.74, 6) is -1.94. The lowest BCUT2D eigenvalue weighted by atomic mass is 9.94. The summed E-state index contributed by atoms with van der Waals surface area (Å²) in [5, 5.41) is 17.9. The molecule has 16 nitrogen and oxygen atoms in total. The van der Waals surface area contributed by atoms with E-state index in [1.165, 1.54) is 0 Å². The fraction of sp³-hybridized carbons (Fsp3) is 0. The van der Waals surface area contributed by atoms with Crippen LogP contribution in [-0.2, 0) is 40.5 Å². The maximum Gasteiger partial charge on any atom is 0.297 e. The molecule has 0 spiro atoms. The van der Waals surface area contributed by atoms with Gasteiger partial charge < -0.3 is 21.7 Å². The van der Waals surface area contributed by atoms with E-state index in [0.29, 0.717) is 18.2 Å². The predicted octanol–water partition coefficient (Wildman–Crippen LogP) is 1.22. The van der Waals surface area contributed by atoms with Crippen LogP contribution in [0.3, 0.4) is 0 Å². The molecule has 214 valence electrons. The summed E-state index contributed by atoms with van der Waals surface area (Å²) in [4.78, 5) is -5.17. The summed E-state index contributed by atoms with van der Waals surface area (Å²) < 4.78 is 138. The summed E-state index contributed by atoms with van der Waals surface area (Å²) in [6, 6.07) is 4.24. The number of fused-ring (bicyclic) bond motifs is 2. The Bertz CT molecular complexity index is 2240. The molecule has 0 bridgehead atoms. The van der Waals surface area contributed by atoms with E-state index in [0.717, 1.165) is 18.2 Å². The number of anilines is 2. The molecule has 0 unspecified atom stereocenters. The lowest BCUT2D eigenvalue weighted by Gasteiger charge is -2.21. The molecule has 0 atom stereocenters. The van der Waals surface area contributed by atoms with Crippen molar-refractivity contribution in [3.63, 3.8) is 0 Å². The third-order valence-electron chi connectivity index (χ3n) is 5.81. The molecule has 0 fully saturated rings. The Morgan fingerprint density at radius 2 is 1.12 bits per heavy atom. The van der Waals surface area contributed by atoms with E-state index in [-0.39, 0.29) is 0 Å². The predicted molar refractivity (Wildman–Crippen MR) is 138 cm³/mol. The molecule has 0 heterocycles. The van der Waals surface area contributed by atoms with Gasteiger partial charge in [0.25, 0.3) is 40.5 Å². The van der Waals surface area contributed by atoms with E-state index in [1.54, 1.807) is 0 Å². The maximum absolute atomic E-state index is 12.6. The standard InChI is InChI=1S/C20H16N2O14S4/c21-17-10(6-13(38(28,29)30)9-4-7(37(25,26)27)5-12(24)15(9)17)16-19(39(31,32)33)8-2-1-3-11(23)14(8)18(22)20(16)40(34,35)36/h1-6,23-24H,21-22H2,(H,25,26,27)(H,28,29,30)(H,31,32,33)(H,34,35,36). The number of rotatable bonds is 5. The molecular weight excluding hydrogens is 620 g/mol. The van der Waals surface area contributed by atoms with Gasteiger partial charge in [-0.05, 0) is 18.2 Å². The molecule has 0 aliphatic carbocycles. The van der Waals surface area contributed by atoms with Gasteiger partial charge in [0.15, 0.2) is 0 Å². The first-order valence-corrected chi connectivity index (χ1v) is 15.9. The Labute approximate surface area is 225 Å². The molecule has 0 radical (unpaired) electrons. The first kappa shape index (κ1) is 29.2. The topological polar surface area (TPSA) is 310 Å². The van der Waals surface area contributed by atoms with Crippen LogP contribution in [0.25, 0.3) is 32.7 Å². The zero-order valence-electron chi connectivity index (χ0n) is 19.2. The van der Waals surface area contributed by atoms with Crippen molar-refractivity contribution in [2.24, 2.45) is 0 Å². The van der Waals surface area contributed by atoms with E-state index in [4.69, 9.17) is 11.5 Å². The molecule has 4 aromatic rings. The lowest BCUT2D eigenvalue weighted by Crippen LogP contribution is -2.13. The van der Waals surface area contributed by atoms with Gasteiger partial charge in [-0.1, -0.05) is 12.1 Å². The molecule has 0 aliphatic rings. The van der Waals surface area contributed by atoms with E-state index in [1.807, 2.05) is 0 Å². The number of hydrogen-bond donors (Lipinski definition) is 8. The van der Waals surface area contributed by atoms with Crippen LogP contribution in [0.2, 0.25) is 0 Å². The largest absolute Gasteiger partial charge is 0.507 e. The Kier molecular flexibility index (Phi) is 6.48. The molecular formula is C20H16N2O14S4. The van der Waals surface area contributed by atoms with Crippen LogP contribution in [0.1, 0.15) is 0 Å². The van der Waals surface area contributed by atoms with Gasteiger partial charge in [-0.15, -0.1) is 0 Å². The summed E-state index contributed by atoms with van der Waals surface area (Å²) in [6.07, 6.45) is 0. The van der Waals surface area contributed by atoms with Crippen LogP contribution in [0.15, 0.2) is 56.0 Å². The van der Waals surface area contributed by atoms with E-state index in [9.17, 15) is 62.1 Å². The van der Waals surface area contributed by atoms with Gasteiger partial charge in [0.2, 0.25) is 0 Å². The van der Waals surface area contributed by atoms with Crippen LogP contribution in [0, 0.1) is 0 Å². The highest BCUT2D eigenvalue weighted by atomic mass is 32.2. The van der Waals surface area contributed by atoms with Crippen molar-refractivity contribution in [1.82, 2.24) is 0 Å². The summed E-state index contributed by atoms with van der Waals surface area (Å²) >= 11 is 0. The number of nitrogen functional groups attached to an aromatic ring is 2. The first-order chi connectivity index (χ1) is 18.1. The maximum atomic E-state index is 12.6. The van der Waals surface area contributed by atoms with Crippen molar-refractivity contribution < 1.29 is 62.1 Å². The minimum Gasteiger partial charge on any atom is -0.507 e. The molecule has 0 aromatic heterocycles. The number of benzene rings is 4. The number of phenols is 2. The van der Waals surface area contributed by atoms with Crippen LogP contribution >= 0.6 is 0 Å². The van der Waals surface area contributed by atoms with Gasteiger partial charge in [0.1, 0.15) is 26.2 Å². The van der Waals surface area contributed by atoms with Crippen molar-refractivity contribution in [3.05, 3.63) is 36.4 Å². The summed E-state index contributed by atoms with van der Waals surface area (Å²) in [6.45, 7) is 0. The Morgan fingerprint density at radius 1 is 0.575 bits per heavy atom. The average Bonchev–Trinajstić information content (AvgIpc) is 2.75. The fourth-order valence-electron chi connectivity index (χ4n) is 4.35. The van der Waals surface area contributed by atoms with Crippen molar-refractivity contribution in [2.75, 3.05) is 11.5 Å². The number of phenolic OH excluding ortho intramolecular Hbond substituents is 2. The number of hydrogen-bond acceptors (Lipinski definition) is 12. The quantitative estimate of drug-likeness (QED) is 0.113. The normalized spacial score (nSPS) is 13.2. The smallest absolute Gasteiger partial charge is 0.297 e. The number of aromatic hydroxyl groups is 2. The zero-order valence-corrected chi connectivity index (χ0v) is 22.5. The van der Waals surface area contributed by atoms with E-state index < -0.39 is 116 Å². The molecule has 4 aromatic carbocycles. The van der Waals surface area contributed by atoms with Crippen molar-refractivity contribution >= 4 is 73.4 Å². The molecule has 40 heavy (non-hydrogen) atoms. The second kappa shape index (κ2) is 8.87. The van der Waals surface area contributed by atoms with Crippen molar-refractivity contribution in [1.29, 1.82) is 0 Å². The molecule has 0 saturated heterocycles. The van der Waals surface area contributed by atoms with E-state index in [2.05, 4.69) is 0 Å². The summed E-state index contributed by atoms with van der Waals surface area (Å²) in [7, 11) is -21.7. The minimum absolute atomic E-state index is 0.354. The van der Waals surface area contributed by atoms with Crippen LogP contribution in [0.4, 0.5) is 11.4 Å². The average molecular weight is 637 g/mol. The Balaban J connectivity index is 2.46. The second-order valence-corrected chi connectivity index (χ2v) is 13.8. The highest BCUT2D eigenvalue weighted by molar-refractivity contribution is 7.87. The van der Waals surface area contributed by atoms with Gasteiger partial charge in [0, 0.05) is 38.7 Å². The van der Waals surface area contributed by atoms with Gasteiger partial charge in [-0.3, -0.25) is 18.2 Å². The van der Waals surface area contributed by atoms with Crippen LogP contribution in [-0.4, -0.2) is 62.1 Å². The molecule has 0 amide bonds. The Hall–Kier alpha value is -3.76. The number of nitrogens with two attached hydrogens (primary N) is 2. The van der Waals surface area contributed by atoms with Crippen molar-refractivity contribution in [3.8, 4) is 22.6 Å². The van der Waals surface area contributed by atoms with Gasteiger partial charge in [-0.2, -0.15) is 33.7 Å². The van der Waals surface area contributed by atoms with Gasteiger partial charge in [-0.25, -0.2) is 0 Å². The second-order valence-electron chi connectivity index (χ2n) is 8.25. The summed E-state index contributed by atoms with van der Waals surface area (Å²) in [5.41, 5.74) is 7.95. The van der Waals surface area contributed by atoms with Crippen LogP contribution in [0.5, 0.6) is 11.5 Å². The van der Waals surface area contributed by atoms with Gasteiger partial charge >= 0.3 is 0 Å². The SMILES string of the molecule is Nc1c(-c2c(S(=O)(=O)O)c(N)c3c(O)cccc3c2S(=O)(=O)O)cc(S(=O)(=O)O)c2cc(S(=O)(=O)O)cc(O)c12. The fourth-order valence-corrected chi connectivity index (χ4v) is 7.41. The van der Waals surface area contributed by atoms with Crippen LogP contribution < -0.4 is 11.5 Å². The van der Waals surface area contributed by atoms with Crippen molar-refractivity contribution in [2.45, 2.75) is 19.6 Å². The highest BCUT2D eigenvalue weighted by Gasteiger charge is 2.35. The lowest BCUT2D eigenvalue weighted by molar-refractivity contribution is 0.470. The Morgan fingerprint density at radius 3 is 1.62 bits per heavy atom. The zero-order chi connectivity index (χ0) is 30.3. The third kappa shape index (κ3) is 4.65. The minimum atomic E-state index is -5.61. The van der Waals surface area contributed by atoms with Gasteiger partial charge in [0.05, 0.1) is 16.3 Å². The monoisotopic (exact) mass is 636 g/mol. The highest BCUT2D eigenvalue weighted by Crippen LogP contribution is 2.50. The molecule has 0 aliphatic heterocycles. The molecule has 20 heteroatoms. The molecule has 0 saturated carbocycles.